The quantitative estimate of drug-likeness (QED) is 0.743. The lowest BCUT2D eigenvalue weighted by Crippen LogP contribution is -2.29. The van der Waals surface area contributed by atoms with E-state index in [-0.39, 0.29) is 0 Å². The molecular formula is C14H23N3. The maximum atomic E-state index is 4.92. The van der Waals surface area contributed by atoms with Crippen LogP contribution in [0.2, 0.25) is 0 Å². The van der Waals surface area contributed by atoms with Gasteiger partial charge in [0.1, 0.15) is 5.82 Å². The van der Waals surface area contributed by atoms with Crippen molar-refractivity contribution in [3.05, 3.63) is 17.7 Å². The van der Waals surface area contributed by atoms with Gasteiger partial charge in [0.05, 0.1) is 5.69 Å². The first kappa shape index (κ1) is 11.3. The predicted molar refractivity (Wildman–Crippen MR) is 69.3 cm³/mol. The van der Waals surface area contributed by atoms with Gasteiger partial charge >= 0.3 is 0 Å². The monoisotopic (exact) mass is 233 g/mol. The second-order valence-electron chi connectivity index (χ2n) is 5.84. The van der Waals surface area contributed by atoms with Crippen molar-refractivity contribution in [1.82, 2.24) is 14.5 Å². The van der Waals surface area contributed by atoms with Gasteiger partial charge in [0.15, 0.2) is 0 Å². The number of nitrogens with zero attached hydrogens (tertiary/aromatic N) is 3. The predicted octanol–water partition coefficient (Wildman–Crippen LogP) is 2.59. The Morgan fingerprint density at radius 3 is 2.65 bits per heavy atom. The number of piperidine rings is 1. The third-order valence-corrected chi connectivity index (χ3v) is 4.44. The highest BCUT2D eigenvalue weighted by Crippen LogP contribution is 2.31. The molecular weight excluding hydrogens is 210 g/mol. The molecule has 1 atom stereocenters. The summed E-state index contributed by atoms with van der Waals surface area (Å²) in [7, 11) is 2.22. The third kappa shape index (κ3) is 2.13. The molecule has 2 aliphatic rings. The van der Waals surface area contributed by atoms with Crippen molar-refractivity contribution in [3.8, 4) is 0 Å². The summed E-state index contributed by atoms with van der Waals surface area (Å²) in [4.78, 5) is 7.35. The summed E-state index contributed by atoms with van der Waals surface area (Å²) in [6, 6.07) is 0. The molecule has 0 amide bonds. The zero-order chi connectivity index (χ0) is 11.8. The third-order valence-electron chi connectivity index (χ3n) is 4.44. The highest BCUT2D eigenvalue weighted by atomic mass is 15.1. The van der Waals surface area contributed by atoms with Gasteiger partial charge in [-0.3, -0.25) is 0 Å². The van der Waals surface area contributed by atoms with E-state index < -0.39 is 0 Å². The number of hydrogen-bond acceptors (Lipinski definition) is 2. The van der Waals surface area contributed by atoms with E-state index in [9.17, 15) is 0 Å². The molecule has 1 saturated heterocycles. The summed E-state index contributed by atoms with van der Waals surface area (Å²) >= 11 is 0. The molecule has 0 bridgehead atoms. The van der Waals surface area contributed by atoms with Crippen LogP contribution in [0.4, 0.5) is 0 Å². The molecule has 3 heterocycles. The van der Waals surface area contributed by atoms with Crippen molar-refractivity contribution < 1.29 is 0 Å². The molecule has 1 unspecified atom stereocenters. The molecule has 1 aromatic heterocycles. The molecule has 1 aromatic rings. The fraction of sp³-hybridized carbons (Fsp3) is 0.786. The van der Waals surface area contributed by atoms with Gasteiger partial charge in [-0.05, 0) is 45.8 Å². The second-order valence-corrected chi connectivity index (χ2v) is 5.84. The van der Waals surface area contributed by atoms with Crippen LogP contribution in [0.5, 0.6) is 0 Å². The Kier molecular flexibility index (Phi) is 2.95. The molecule has 3 rings (SSSR count). The zero-order valence-electron chi connectivity index (χ0n) is 11.0. The molecule has 17 heavy (non-hydrogen) atoms. The SMILES string of the molecule is CC1CCCn2cc(C3CCN(C)CC3)nc21. The van der Waals surface area contributed by atoms with E-state index in [1.165, 1.54) is 56.8 Å². The van der Waals surface area contributed by atoms with E-state index in [1.807, 2.05) is 0 Å². The largest absolute Gasteiger partial charge is 0.334 e. The molecule has 0 spiro atoms. The van der Waals surface area contributed by atoms with Crippen LogP contribution < -0.4 is 0 Å². The molecule has 2 aliphatic heterocycles. The van der Waals surface area contributed by atoms with Gasteiger partial charge in [-0.25, -0.2) is 4.98 Å². The van der Waals surface area contributed by atoms with Crippen LogP contribution in [0.3, 0.4) is 0 Å². The minimum absolute atomic E-state index is 0.656. The first-order valence-corrected chi connectivity index (χ1v) is 6.99. The van der Waals surface area contributed by atoms with Crippen LogP contribution in [0, 0.1) is 0 Å². The molecule has 0 aromatic carbocycles. The van der Waals surface area contributed by atoms with E-state index >= 15 is 0 Å². The Hall–Kier alpha value is -0.830. The van der Waals surface area contributed by atoms with E-state index in [0.717, 1.165) is 0 Å². The number of imidazole rings is 1. The molecule has 94 valence electrons. The van der Waals surface area contributed by atoms with Gasteiger partial charge in [-0.15, -0.1) is 0 Å². The first-order valence-electron chi connectivity index (χ1n) is 6.99. The average Bonchev–Trinajstić information content (AvgIpc) is 2.75. The molecule has 3 nitrogen and oxygen atoms in total. The summed E-state index contributed by atoms with van der Waals surface area (Å²) in [6.45, 7) is 5.94. The van der Waals surface area contributed by atoms with E-state index in [1.54, 1.807) is 0 Å². The molecule has 0 radical (unpaired) electrons. The van der Waals surface area contributed by atoms with E-state index in [0.29, 0.717) is 11.8 Å². The maximum absolute atomic E-state index is 4.92. The summed E-state index contributed by atoms with van der Waals surface area (Å²) < 4.78 is 2.40. The van der Waals surface area contributed by atoms with Crippen molar-refractivity contribution in [3.63, 3.8) is 0 Å². The minimum Gasteiger partial charge on any atom is -0.334 e. The van der Waals surface area contributed by atoms with Gasteiger partial charge in [-0.1, -0.05) is 6.92 Å². The fourth-order valence-corrected chi connectivity index (χ4v) is 3.22. The fourth-order valence-electron chi connectivity index (χ4n) is 3.22. The molecule has 0 N–H and O–H groups in total. The summed E-state index contributed by atoms with van der Waals surface area (Å²) in [6.07, 6.45) is 7.52. The van der Waals surface area contributed by atoms with Crippen LogP contribution in [0.25, 0.3) is 0 Å². The topological polar surface area (TPSA) is 21.1 Å². The Morgan fingerprint density at radius 1 is 1.18 bits per heavy atom. The summed E-state index contributed by atoms with van der Waals surface area (Å²) in [5.74, 6) is 2.70. The minimum atomic E-state index is 0.656. The average molecular weight is 233 g/mol. The number of aryl methyl sites for hydroxylation is 1. The second kappa shape index (κ2) is 4.45. The van der Waals surface area contributed by atoms with Crippen molar-refractivity contribution in [2.45, 2.75) is 51.0 Å². The molecule has 1 fully saturated rings. The van der Waals surface area contributed by atoms with Crippen molar-refractivity contribution in [2.24, 2.45) is 0 Å². The maximum Gasteiger partial charge on any atom is 0.111 e. The Bertz CT molecular complexity index is 388. The van der Waals surface area contributed by atoms with Crippen molar-refractivity contribution >= 4 is 0 Å². The smallest absolute Gasteiger partial charge is 0.111 e. The number of rotatable bonds is 1. The standard InChI is InChI=1S/C14H23N3/c1-11-4-3-7-17-10-13(15-14(11)17)12-5-8-16(2)9-6-12/h10-12H,3-9H2,1-2H3. The Morgan fingerprint density at radius 2 is 1.94 bits per heavy atom. The molecule has 0 saturated carbocycles. The van der Waals surface area contributed by atoms with Crippen LogP contribution >= 0.6 is 0 Å². The summed E-state index contributed by atoms with van der Waals surface area (Å²) in [5, 5.41) is 0. The summed E-state index contributed by atoms with van der Waals surface area (Å²) in [5.41, 5.74) is 1.36. The molecule has 3 heteroatoms. The number of fused-ring (bicyclic) bond motifs is 1. The van der Waals surface area contributed by atoms with Crippen molar-refractivity contribution in [1.29, 1.82) is 0 Å². The van der Waals surface area contributed by atoms with Crippen LogP contribution in [-0.2, 0) is 6.54 Å². The number of hydrogen-bond donors (Lipinski definition) is 0. The van der Waals surface area contributed by atoms with Gasteiger partial charge in [0, 0.05) is 24.6 Å². The van der Waals surface area contributed by atoms with E-state index in [2.05, 4.69) is 29.6 Å². The number of likely N-dealkylation sites (tertiary alicyclic amines) is 1. The molecule has 0 aliphatic carbocycles. The van der Waals surface area contributed by atoms with Crippen LogP contribution in [0.15, 0.2) is 6.20 Å². The van der Waals surface area contributed by atoms with Gasteiger partial charge < -0.3 is 9.47 Å². The van der Waals surface area contributed by atoms with Crippen LogP contribution in [-0.4, -0.2) is 34.6 Å². The van der Waals surface area contributed by atoms with Crippen molar-refractivity contribution in [2.75, 3.05) is 20.1 Å². The van der Waals surface area contributed by atoms with Gasteiger partial charge in [-0.2, -0.15) is 0 Å². The lowest BCUT2D eigenvalue weighted by atomic mass is 9.94. The van der Waals surface area contributed by atoms with Gasteiger partial charge in [0.2, 0.25) is 0 Å². The van der Waals surface area contributed by atoms with Crippen LogP contribution in [0.1, 0.15) is 56.0 Å². The highest BCUT2D eigenvalue weighted by Gasteiger charge is 2.24. The first-order chi connectivity index (χ1) is 8.24. The Labute approximate surface area is 104 Å². The Balaban J connectivity index is 1.80. The lowest BCUT2D eigenvalue weighted by molar-refractivity contribution is 0.253. The lowest BCUT2D eigenvalue weighted by Gasteiger charge is -2.27. The number of aromatic nitrogens is 2. The van der Waals surface area contributed by atoms with E-state index in [4.69, 9.17) is 4.98 Å². The highest BCUT2D eigenvalue weighted by molar-refractivity contribution is 5.14. The zero-order valence-corrected chi connectivity index (χ0v) is 11.0. The normalized spacial score (nSPS) is 27.1. The van der Waals surface area contributed by atoms with Gasteiger partial charge in [0.25, 0.3) is 0 Å².